The monoisotopic (exact) mass is 803 g/mol. The number of piperidine rings is 3. The van der Waals surface area contributed by atoms with E-state index in [1.54, 1.807) is 4.90 Å². The van der Waals surface area contributed by atoms with Gasteiger partial charge in [0.05, 0.1) is 18.5 Å². The Morgan fingerprint density at radius 1 is 0.897 bits per heavy atom. The van der Waals surface area contributed by atoms with Gasteiger partial charge in [0.1, 0.15) is 6.61 Å². The molecule has 7 rings (SSSR count). The molecule has 0 spiro atoms. The Balaban J connectivity index is 0.000000220. The van der Waals surface area contributed by atoms with E-state index in [9.17, 15) is 24.0 Å². The van der Waals surface area contributed by atoms with Crippen LogP contribution in [0.3, 0.4) is 0 Å². The Morgan fingerprint density at radius 3 is 2.26 bits per heavy atom. The van der Waals surface area contributed by atoms with E-state index < -0.39 is 5.76 Å². The minimum Gasteiger partial charge on any atom is -0.464 e. The molecule has 15 heteroatoms. The zero-order valence-corrected chi connectivity index (χ0v) is 34.8. The maximum atomic E-state index is 13.2. The van der Waals surface area contributed by atoms with Gasteiger partial charge in [-0.05, 0) is 114 Å². The van der Waals surface area contributed by atoms with Crippen molar-refractivity contribution in [1.82, 2.24) is 29.5 Å². The van der Waals surface area contributed by atoms with Gasteiger partial charge in [0.25, 0.3) is 0 Å². The third-order valence-electron chi connectivity index (χ3n) is 12.2. The number of fused-ring (bicyclic) bond motifs is 2. The number of H-pyrrole nitrogens is 1. The topological polar surface area (TPSA) is 161 Å². The highest BCUT2D eigenvalue weighted by atomic mass is 16.5. The minimum absolute atomic E-state index is 0.00749. The smallest absolute Gasteiger partial charge is 0.417 e. The third kappa shape index (κ3) is 10.8. The second-order valence-corrected chi connectivity index (χ2v) is 16.5. The van der Waals surface area contributed by atoms with Gasteiger partial charge in [0.2, 0.25) is 5.91 Å². The summed E-state index contributed by atoms with van der Waals surface area (Å²) in [5, 5.41) is 3.00. The normalized spacial score (nSPS) is 19.2. The van der Waals surface area contributed by atoms with Gasteiger partial charge in [0.15, 0.2) is 5.58 Å². The number of para-hydroxylation sites is 1. The van der Waals surface area contributed by atoms with Crippen LogP contribution in [0.2, 0.25) is 0 Å². The fraction of sp³-hybridized carbons (Fsp3) is 0.605. The van der Waals surface area contributed by atoms with E-state index in [0.29, 0.717) is 44.3 Å². The summed E-state index contributed by atoms with van der Waals surface area (Å²) in [4.78, 5) is 73.8. The standard InChI is InChI=1S/C27H40N4O5.C16H21N3O3/c1-18-15-20(17-23-24(18)28-27(34)36-23)16-19(2)25(32)31-11-7-22(8-12-31)30-9-5-21(6-10-30)26(33)35-14-13-29(3)4;1-22-16(21)18-9-7-13(8-10-18)19-11-6-12-4-2-3-5-14(12)17-15(19)20/h15,17,19,21-22H,5-14,16H2,1-4H3,(H,28,34);2-5,13H,6-11H2,1H3,(H,17,20)/t19-;/m1./s1. The number of aromatic amines is 1. The Bertz CT molecular complexity index is 1940. The van der Waals surface area contributed by atoms with E-state index in [4.69, 9.17) is 13.9 Å². The number of hydrogen-bond donors (Lipinski definition) is 2. The molecular formula is C43H61N7O8. The van der Waals surface area contributed by atoms with Crippen molar-refractivity contribution in [3.63, 3.8) is 0 Å². The number of benzene rings is 2. The lowest BCUT2D eigenvalue weighted by atomic mass is 9.92. The highest BCUT2D eigenvalue weighted by Crippen LogP contribution is 2.27. The summed E-state index contributed by atoms with van der Waals surface area (Å²) in [6, 6.07) is 12.4. The molecule has 4 amide bonds. The summed E-state index contributed by atoms with van der Waals surface area (Å²) in [6.45, 7) is 10.5. The van der Waals surface area contributed by atoms with Crippen LogP contribution in [0, 0.1) is 18.8 Å². The molecule has 5 heterocycles. The lowest BCUT2D eigenvalue weighted by molar-refractivity contribution is -0.151. The molecule has 4 aliphatic rings. The molecule has 0 saturated carbocycles. The first-order chi connectivity index (χ1) is 27.9. The quantitative estimate of drug-likeness (QED) is 0.290. The molecule has 1 aromatic heterocycles. The van der Waals surface area contributed by atoms with E-state index in [1.807, 2.05) is 73.0 Å². The average Bonchev–Trinajstić information content (AvgIpc) is 3.52. The summed E-state index contributed by atoms with van der Waals surface area (Å²) < 4.78 is 15.4. The number of carbonyl (C=O) groups excluding carboxylic acids is 4. The summed E-state index contributed by atoms with van der Waals surface area (Å²) in [5.41, 5.74) is 5.28. The highest BCUT2D eigenvalue weighted by molar-refractivity contribution is 5.91. The predicted octanol–water partition coefficient (Wildman–Crippen LogP) is 4.72. The number of likely N-dealkylation sites (tertiary alicyclic amines) is 3. The van der Waals surface area contributed by atoms with Crippen molar-refractivity contribution < 1.29 is 33.1 Å². The molecule has 3 fully saturated rings. The van der Waals surface area contributed by atoms with Crippen molar-refractivity contribution in [3.8, 4) is 0 Å². The lowest BCUT2D eigenvalue weighted by Gasteiger charge is -2.41. The number of methoxy groups -OCH3 is 1. The van der Waals surface area contributed by atoms with Crippen molar-refractivity contribution in [2.24, 2.45) is 11.8 Å². The molecule has 3 saturated heterocycles. The molecule has 0 bridgehead atoms. The number of hydrogen-bond acceptors (Lipinski definition) is 10. The van der Waals surface area contributed by atoms with Gasteiger partial charge in [-0.3, -0.25) is 14.6 Å². The fourth-order valence-corrected chi connectivity index (χ4v) is 8.79. The van der Waals surface area contributed by atoms with Gasteiger partial charge < -0.3 is 43.7 Å². The minimum atomic E-state index is -0.457. The number of anilines is 1. The lowest BCUT2D eigenvalue weighted by Crippen LogP contribution is -2.50. The van der Waals surface area contributed by atoms with Crippen LogP contribution >= 0.6 is 0 Å². The van der Waals surface area contributed by atoms with Gasteiger partial charge in [-0.15, -0.1) is 0 Å². The van der Waals surface area contributed by atoms with Crippen molar-refractivity contribution in [2.45, 2.75) is 77.3 Å². The summed E-state index contributed by atoms with van der Waals surface area (Å²) in [6.07, 6.45) is 6.40. The molecule has 58 heavy (non-hydrogen) atoms. The number of carbonyl (C=O) groups is 4. The van der Waals surface area contributed by atoms with Crippen LogP contribution in [0.5, 0.6) is 0 Å². The predicted molar refractivity (Wildman–Crippen MR) is 221 cm³/mol. The molecule has 2 N–H and O–H groups in total. The number of nitrogens with one attached hydrogen (secondary N) is 2. The van der Waals surface area contributed by atoms with E-state index in [0.717, 1.165) is 100 Å². The summed E-state index contributed by atoms with van der Waals surface area (Å²) in [5.74, 6) is -0.465. The second kappa shape index (κ2) is 19.7. The van der Waals surface area contributed by atoms with Crippen LogP contribution < -0.4 is 11.1 Å². The number of oxazole rings is 1. The maximum Gasteiger partial charge on any atom is 0.417 e. The second-order valence-electron chi connectivity index (χ2n) is 16.5. The van der Waals surface area contributed by atoms with Crippen molar-refractivity contribution >= 4 is 40.8 Å². The van der Waals surface area contributed by atoms with E-state index >= 15 is 0 Å². The number of nitrogens with zero attached hydrogens (tertiary/aromatic N) is 5. The van der Waals surface area contributed by atoms with Crippen LogP contribution in [0.1, 0.15) is 62.1 Å². The number of likely N-dealkylation sites (N-methyl/N-ethyl adjacent to an activating group) is 1. The molecule has 1 atom stereocenters. The number of urea groups is 1. The van der Waals surface area contributed by atoms with Gasteiger partial charge in [-0.25, -0.2) is 14.4 Å². The van der Waals surface area contributed by atoms with Crippen LogP contribution in [0.15, 0.2) is 45.6 Å². The number of ether oxygens (including phenoxy) is 2. The van der Waals surface area contributed by atoms with E-state index in [-0.39, 0.29) is 41.9 Å². The van der Waals surface area contributed by atoms with Gasteiger partial charge >= 0.3 is 23.8 Å². The number of rotatable bonds is 9. The molecule has 0 unspecified atom stereocenters. The molecule has 316 valence electrons. The zero-order valence-electron chi connectivity index (χ0n) is 34.8. The van der Waals surface area contributed by atoms with Crippen LogP contribution in [-0.2, 0) is 31.9 Å². The number of amides is 4. The number of aryl methyl sites for hydroxylation is 1. The number of aromatic nitrogens is 1. The Labute approximate surface area is 340 Å². The summed E-state index contributed by atoms with van der Waals surface area (Å²) >= 11 is 0. The molecule has 2 aromatic carbocycles. The maximum absolute atomic E-state index is 13.2. The highest BCUT2D eigenvalue weighted by Gasteiger charge is 2.34. The molecular weight excluding hydrogens is 743 g/mol. The molecule has 15 nitrogen and oxygen atoms in total. The first-order valence-corrected chi connectivity index (χ1v) is 20.8. The Morgan fingerprint density at radius 2 is 1.57 bits per heavy atom. The first-order valence-electron chi connectivity index (χ1n) is 20.8. The van der Waals surface area contributed by atoms with Gasteiger partial charge in [-0.1, -0.05) is 31.2 Å². The van der Waals surface area contributed by atoms with Crippen LogP contribution in [0.4, 0.5) is 15.3 Å². The molecule has 0 aliphatic carbocycles. The average molecular weight is 804 g/mol. The Hall–Kier alpha value is -4.89. The van der Waals surface area contributed by atoms with Gasteiger partial charge in [0, 0.05) is 63.0 Å². The third-order valence-corrected chi connectivity index (χ3v) is 12.2. The fourth-order valence-electron chi connectivity index (χ4n) is 8.79. The zero-order chi connectivity index (χ0) is 41.3. The SMILES string of the molecule is COC(=O)N1CCC(N2CCc3ccccc3NC2=O)CC1.Cc1cc(C[C@@H](C)C(=O)N2CCC(N3CCC(C(=O)OCCN(C)C)CC3)CC2)cc2oc(=O)[nH]c12. The summed E-state index contributed by atoms with van der Waals surface area (Å²) in [7, 11) is 5.34. The van der Waals surface area contributed by atoms with E-state index in [2.05, 4.69) is 21.3 Å². The first kappa shape index (κ1) is 42.7. The van der Waals surface area contributed by atoms with Crippen molar-refractivity contribution in [3.05, 3.63) is 63.6 Å². The molecule has 3 aromatic rings. The van der Waals surface area contributed by atoms with Crippen LogP contribution in [0.25, 0.3) is 11.1 Å². The van der Waals surface area contributed by atoms with Gasteiger partial charge in [-0.2, -0.15) is 0 Å². The Kier molecular flexibility index (Phi) is 14.5. The number of esters is 1. The molecule has 0 radical (unpaired) electrons. The van der Waals surface area contributed by atoms with Crippen molar-refractivity contribution in [1.29, 1.82) is 0 Å². The molecule has 4 aliphatic heterocycles. The largest absolute Gasteiger partial charge is 0.464 e. The van der Waals surface area contributed by atoms with Crippen LogP contribution in [-0.4, -0.2) is 146 Å². The van der Waals surface area contributed by atoms with Crippen molar-refractivity contribution in [2.75, 3.05) is 85.5 Å². The van der Waals surface area contributed by atoms with E-state index in [1.165, 1.54) is 12.7 Å².